The van der Waals surface area contributed by atoms with E-state index in [0.717, 1.165) is 17.8 Å². The van der Waals surface area contributed by atoms with Crippen molar-refractivity contribution in [2.45, 2.75) is 33.1 Å². The molecule has 0 aliphatic heterocycles. The van der Waals surface area contributed by atoms with Gasteiger partial charge in [-0.3, -0.25) is 9.89 Å². The molecule has 0 spiro atoms. The van der Waals surface area contributed by atoms with Crippen LogP contribution in [0.15, 0.2) is 30.3 Å². The number of nitrogens with one attached hydrogen (secondary N) is 2. The fourth-order valence-electron chi connectivity index (χ4n) is 2.32. The van der Waals surface area contributed by atoms with E-state index in [1.807, 2.05) is 32.0 Å². The summed E-state index contributed by atoms with van der Waals surface area (Å²) in [4.78, 5) is 12.1. The number of nitrogens with zero attached hydrogens (tertiary/aromatic N) is 1. The zero-order valence-electron chi connectivity index (χ0n) is 12.2. The van der Waals surface area contributed by atoms with Crippen LogP contribution < -0.4 is 5.32 Å². The van der Waals surface area contributed by atoms with E-state index in [2.05, 4.69) is 34.6 Å². The van der Waals surface area contributed by atoms with E-state index in [0.29, 0.717) is 18.0 Å². The van der Waals surface area contributed by atoms with Crippen molar-refractivity contribution in [3.8, 4) is 0 Å². The molecule has 20 heavy (non-hydrogen) atoms. The summed E-state index contributed by atoms with van der Waals surface area (Å²) >= 11 is 0. The summed E-state index contributed by atoms with van der Waals surface area (Å²) in [5, 5.41) is 9.84. The topological polar surface area (TPSA) is 57.8 Å². The van der Waals surface area contributed by atoms with Crippen LogP contribution in [0.5, 0.6) is 0 Å². The number of hydrogen-bond acceptors (Lipinski definition) is 2. The van der Waals surface area contributed by atoms with Crippen molar-refractivity contribution < 1.29 is 4.79 Å². The van der Waals surface area contributed by atoms with Crippen LogP contribution >= 0.6 is 0 Å². The largest absolute Gasteiger partial charge is 0.352 e. The Balaban J connectivity index is 1.86. The van der Waals surface area contributed by atoms with Gasteiger partial charge in [-0.1, -0.05) is 37.3 Å². The Labute approximate surface area is 119 Å². The molecule has 0 radical (unpaired) electrons. The summed E-state index contributed by atoms with van der Waals surface area (Å²) in [5.41, 5.74) is 3.53. The molecule has 0 aliphatic carbocycles. The Bertz CT molecular complexity index is 555. The van der Waals surface area contributed by atoms with Gasteiger partial charge in [-0.05, 0) is 31.7 Å². The van der Waals surface area contributed by atoms with Crippen molar-refractivity contribution in [1.29, 1.82) is 0 Å². The third kappa shape index (κ3) is 3.26. The van der Waals surface area contributed by atoms with Gasteiger partial charge in [0.2, 0.25) is 0 Å². The Hall–Kier alpha value is -2.10. The molecule has 0 aliphatic rings. The van der Waals surface area contributed by atoms with Crippen LogP contribution in [-0.2, 0) is 0 Å². The molecule has 2 N–H and O–H groups in total. The van der Waals surface area contributed by atoms with E-state index in [-0.39, 0.29) is 5.91 Å². The molecule has 1 aromatic heterocycles. The molecule has 1 amide bonds. The number of aromatic nitrogens is 2. The Morgan fingerprint density at radius 1 is 1.30 bits per heavy atom. The fraction of sp³-hybridized carbons (Fsp3) is 0.375. The maximum absolute atomic E-state index is 12.1. The van der Waals surface area contributed by atoms with Crippen LogP contribution in [0.4, 0.5) is 0 Å². The van der Waals surface area contributed by atoms with Gasteiger partial charge in [0, 0.05) is 12.2 Å². The van der Waals surface area contributed by atoms with E-state index < -0.39 is 0 Å². The lowest BCUT2D eigenvalue weighted by Gasteiger charge is -2.12. The minimum Gasteiger partial charge on any atom is -0.352 e. The summed E-state index contributed by atoms with van der Waals surface area (Å²) in [6, 6.07) is 10.3. The molecule has 2 rings (SSSR count). The number of amides is 1. The first-order chi connectivity index (χ1) is 9.59. The highest BCUT2D eigenvalue weighted by Gasteiger charge is 2.15. The Morgan fingerprint density at radius 2 is 2.00 bits per heavy atom. The van der Waals surface area contributed by atoms with Gasteiger partial charge in [-0.15, -0.1) is 0 Å². The smallest absolute Gasteiger partial charge is 0.255 e. The van der Waals surface area contributed by atoms with E-state index >= 15 is 0 Å². The Kier molecular flexibility index (Phi) is 4.56. The van der Waals surface area contributed by atoms with Crippen molar-refractivity contribution in [2.75, 3.05) is 6.54 Å². The molecule has 1 heterocycles. The van der Waals surface area contributed by atoms with Crippen molar-refractivity contribution in [3.05, 3.63) is 52.8 Å². The second-order valence-corrected chi connectivity index (χ2v) is 5.17. The van der Waals surface area contributed by atoms with E-state index in [4.69, 9.17) is 0 Å². The summed E-state index contributed by atoms with van der Waals surface area (Å²) in [7, 11) is 0. The van der Waals surface area contributed by atoms with Crippen molar-refractivity contribution >= 4 is 5.91 Å². The molecule has 2 aromatic rings. The molecule has 106 valence electrons. The van der Waals surface area contributed by atoms with Gasteiger partial charge < -0.3 is 5.32 Å². The third-order valence-electron chi connectivity index (χ3n) is 3.59. The number of carbonyl (C=O) groups excluding carboxylic acids is 1. The highest BCUT2D eigenvalue weighted by atomic mass is 16.1. The number of aromatic amines is 1. The first-order valence-corrected chi connectivity index (χ1v) is 6.94. The lowest BCUT2D eigenvalue weighted by atomic mass is 9.98. The molecule has 1 aromatic carbocycles. The van der Waals surface area contributed by atoms with Crippen LogP contribution in [0.2, 0.25) is 0 Å². The molecule has 1 atom stereocenters. The lowest BCUT2D eigenvalue weighted by molar-refractivity contribution is 0.0951. The lowest BCUT2D eigenvalue weighted by Crippen LogP contribution is -2.26. The number of benzene rings is 1. The second kappa shape index (κ2) is 6.37. The quantitative estimate of drug-likeness (QED) is 0.878. The molecular formula is C16H21N3O. The average molecular weight is 271 g/mol. The van der Waals surface area contributed by atoms with E-state index in [1.165, 1.54) is 5.56 Å². The van der Waals surface area contributed by atoms with Gasteiger partial charge in [0.05, 0.1) is 11.3 Å². The zero-order chi connectivity index (χ0) is 14.5. The number of rotatable bonds is 5. The first kappa shape index (κ1) is 14.3. The number of hydrogen-bond donors (Lipinski definition) is 2. The van der Waals surface area contributed by atoms with Crippen molar-refractivity contribution in [2.24, 2.45) is 0 Å². The zero-order valence-corrected chi connectivity index (χ0v) is 12.2. The van der Waals surface area contributed by atoms with Gasteiger partial charge in [0.1, 0.15) is 0 Å². The van der Waals surface area contributed by atoms with Gasteiger partial charge in [0.25, 0.3) is 5.91 Å². The number of carbonyl (C=O) groups is 1. The van der Waals surface area contributed by atoms with Crippen LogP contribution in [-0.4, -0.2) is 22.6 Å². The summed E-state index contributed by atoms with van der Waals surface area (Å²) < 4.78 is 0. The number of H-pyrrole nitrogens is 1. The monoisotopic (exact) mass is 271 g/mol. The van der Waals surface area contributed by atoms with Gasteiger partial charge in [-0.25, -0.2) is 0 Å². The minimum atomic E-state index is -0.0472. The second-order valence-electron chi connectivity index (χ2n) is 5.17. The SMILES string of the molecule is Cc1n[nH]c(C)c1C(=O)NCCC(C)c1ccccc1. The molecule has 1 unspecified atom stereocenters. The van der Waals surface area contributed by atoms with Crippen molar-refractivity contribution in [3.63, 3.8) is 0 Å². The maximum Gasteiger partial charge on any atom is 0.255 e. The number of aryl methyl sites for hydroxylation is 2. The van der Waals surface area contributed by atoms with Crippen LogP contribution in [0.3, 0.4) is 0 Å². The van der Waals surface area contributed by atoms with Crippen LogP contribution in [0.1, 0.15) is 46.6 Å². The third-order valence-corrected chi connectivity index (χ3v) is 3.59. The summed E-state index contributed by atoms with van der Waals surface area (Å²) in [6.07, 6.45) is 0.922. The maximum atomic E-state index is 12.1. The summed E-state index contributed by atoms with van der Waals surface area (Å²) in [6.45, 7) is 6.54. The minimum absolute atomic E-state index is 0.0472. The predicted octanol–water partition coefficient (Wildman–Crippen LogP) is 2.95. The highest BCUT2D eigenvalue weighted by Crippen LogP contribution is 2.17. The van der Waals surface area contributed by atoms with Gasteiger partial charge in [-0.2, -0.15) is 5.10 Å². The van der Waals surface area contributed by atoms with Crippen LogP contribution in [0, 0.1) is 13.8 Å². The van der Waals surface area contributed by atoms with Gasteiger partial charge in [0.15, 0.2) is 0 Å². The first-order valence-electron chi connectivity index (χ1n) is 6.94. The fourth-order valence-corrected chi connectivity index (χ4v) is 2.32. The highest BCUT2D eigenvalue weighted by molar-refractivity contribution is 5.96. The normalized spacial score (nSPS) is 12.2. The van der Waals surface area contributed by atoms with Crippen LogP contribution in [0.25, 0.3) is 0 Å². The Morgan fingerprint density at radius 3 is 2.60 bits per heavy atom. The van der Waals surface area contributed by atoms with E-state index in [1.54, 1.807) is 0 Å². The molecule has 4 heteroatoms. The molecular weight excluding hydrogens is 250 g/mol. The van der Waals surface area contributed by atoms with Crippen molar-refractivity contribution in [1.82, 2.24) is 15.5 Å². The molecule has 0 saturated carbocycles. The molecule has 4 nitrogen and oxygen atoms in total. The molecule has 0 fully saturated rings. The van der Waals surface area contributed by atoms with Gasteiger partial charge >= 0.3 is 0 Å². The summed E-state index contributed by atoms with van der Waals surface area (Å²) in [5.74, 6) is 0.386. The van der Waals surface area contributed by atoms with E-state index in [9.17, 15) is 4.79 Å². The molecule has 0 bridgehead atoms. The molecule has 0 saturated heterocycles. The standard InChI is InChI=1S/C16H21N3O/c1-11(14-7-5-4-6-8-14)9-10-17-16(20)15-12(2)18-19-13(15)3/h4-8,11H,9-10H2,1-3H3,(H,17,20)(H,18,19). The average Bonchev–Trinajstić information content (AvgIpc) is 2.79. The predicted molar refractivity (Wildman–Crippen MR) is 79.9 cm³/mol.